The van der Waals surface area contributed by atoms with Crippen LogP contribution < -0.4 is 4.90 Å². The molecule has 0 radical (unpaired) electrons. The van der Waals surface area contributed by atoms with Gasteiger partial charge in [0, 0.05) is 18.7 Å². The molecule has 1 aliphatic rings. The Labute approximate surface area is 131 Å². The molecule has 1 unspecified atom stereocenters. The summed E-state index contributed by atoms with van der Waals surface area (Å²) in [6.45, 7) is -0.226. The molecule has 0 aromatic heterocycles. The number of anilines is 1. The topological polar surface area (TPSA) is 91.8 Å². The second kappa shape index (κ2) is 5.31. The van der Waals surface area contributed by atoms with E-state index in [9.17, 15) is 21.9 Å². The van der Waals surface area contributed by atoms with Gasteiger partial charge in [-0.15, -0.1) is 3.89 Å². The van der Waals surface area contributed by atoms with Crippen molar-refractivity contribution in [3.8, 4) is 0 Å². The van der Waals surface area contributed by atoms with E-state index in [1.165, 1.54) is 17.0 Å². The molecule has 6 nitrogen and oxygen atoms in total. The van der Waals surface area contributed by atoms with Gasteiger partial charge in [-0.25, -0.2) is 4.79 Å². The molecule has 0 spiro atoms. The average Bonchev–Trinajstić information content (AvgIpc) is 2.88. The van der Waals surface area contributed by atoms with Crippen molar-refractivity contribution in [1.82, 2.24) is 0 Å². The molecule has 2 aromatic carbocycles. The molecule has 2 aromatic rings. The number of amides is 1. The molecule has 0 bridgehead atoms. The number of carboxylic acids is 1. The van der Waals surface area contributed by atoms with E-state index in [0.717, 1.165) is 0 Å². The maximum Gasteiger partial charge on any atom is 0.335 e. The molecule has 0 aliphatic carbocycles. The summed E-state index contributed by atoms with van der Waals surface area (Å²) < 4.78 is 35.0. The fourth-order valence-electron chi connectivity index (χ4n) is 2.65. The number of nitrogens with zero attached hydrogens (tertiary/aromatic N) is 1. The number of aromatic carboxylic acids is 1. The van der Waals surface area contributed by atoms with Crippen molar-refractivity contribution in [1.29, 1.82) is 0 Å². The van der Waals surface area contributed by atoms with Crippen molar-refractivity contribution in [3.05, 3.63) is 42.0 Å². The second-order valence-corrected chi connectivity index (χ2v) is 6.98. The first kappa shape index (κ1) is 15.4. The van der Waals surface area contributed by atoms with Crippen LogP contribution in [0.25, 0.3) is 10.8 Å². The van der Waals surface area contributed by atoms with Gasteiger partial charge in [-0.3, -0.25) is 4.79 Å². The van der Waals surface area contributed by atoms with E-state index in [-0.39, 0.29) is 18.5 Å². The lowest BCUT2D eigenvalue weighted by atomic mass is 10.1. The van der Waals surface area contributed by atoms with Gasteiger partial charge in [0.1, 0.15) is 5.25 Å². The molecule has 3 rings (SSSR count). The number of carbonyl (C=O) groups is 2. The molecule has 1 amide bonds. The normalized spacial score (nSPS) is 18.6. The minimum Gasteiger partial charge on any atom is -0.478 e. The van der Waals surface area contributed by atoms with Crippen LogP contribution in [-0.4, -0.2) is 37.2 Å². The monoisotopic (exact) mass is 337 g/mol. The Morgan fingerprint density at radius 1 is 1.17 bits per heavy atom. The Morgan fingerprint density at radius 3 is 2.43 bits per heavy atom. The lowest BCUT2D eigenvalue weighted by molar-refractivity contribution is -0.117. The highest BCUT2D eigenvalue weighted by atomic mass is 32.3. The van der Waals surface area contributed by atoms with Crippen LogP contribution >= 0.6 is 0 Å². The molecule has 1 heterocycles. The van der Waals surface area contributed by atoms with Crippen molar-refractivity contribution in [2.75, 3.05) is 11.4 Å². The zero-order chi connectivity index (χ0) is 16.8. The Balaban J connectivity index is 1.96. The zero-order valence-corrected chi connectivity index (χ0v) is 12.6. The summed E-state index contributed by atoms with van der Waals surface area (Å²) in [6, 6.07) is 9.41. The third-order valence-electron chi connectivity index (χ3n) is 3.87. The summed E-state index contributed by atoms with van der Waals surface area (Å²) >= 11 is 0. The standard InChI is InChI=1S/C15H12FNO5S/c16-23(21,22)13-7-14(18)17(8-13)12-4-3-9-5-11(15(19)20)2-1-10(9)6-12/h1-6,13H,7-8H2,(H,19,20). The fraction of sp³-hybridized carbons (Fsp3) is 0.200. The van der Waals surface area contributed by atoms with Gasteiger partial charge in [-0.2, -0.15) is 8.42 Å². The highest BCUT2D eigenvalue weighted by Crippen LogP contribution is 2.29. The van der Waals surface area contributed by atoms with Gasteiger partial charge in [0.05, 0.1) is 5.56 Å². The summed E-state index contributed by atoms with van der Waals surface area (Å²) in [5, 5.41) is 9.00. The summed E-state index contributed by atoms with van der Waals surface area (Å²) in [5.74, 6) is -1.50. The SMILES string of the molecule is O=C(O)c1ccc2cc(N3CC(S(=O)(=O)F)CC3=O)ccc2c1. The Bertz CT molecular complexity index is 925. The first-order valence-electron chi connectivity index (χ1n) is 6.76. The summed E-state index contributed by atoms with van der Waals surface area (Å²) in [5.41, 5.74) is 0.600. The van der Waals surface area contributed by atoms with Crippen LogP contribution in [0.4, 0.5) is 9.57 Å². The van der Waals surface area contributed by atoms with Gasteiger partial charge in [0.25, 0.3) is 0 Å². The Hall–Kier alpha value is -2.48. The summed E-state index contributed by atoms with van der Waals surface area (Å²) in [7, 11) is -4.76. The smallest absolute Gasteiger partial charge is 0.335 e. The lowest BCUT2D eigenvalue weighted by Crippen LogP contribution is -2.26. The first-order valence-corrected chi connectivity index (χ1v) is 8.21. The van der Waals surface area contributed by atoms with E-state index in [1.807, 2.05) is 0 Å². The van der Waals surface area contributed by atoms with Crippen molar-refractivity contribution in [2.24, 2.45) is 0 Å². The van der Waals surface area contributed by atoms with E-state index in [4.69, 9.17) is 5.11 Å². The number of carbonyl (C=O) groups excluding carboxylic acids is 1. The van der Waals surface area contributed by atoms with Gasteiger partial charge in [0.2, 0.25) is 5.91 Å². The van der Waals surface area contributed by atoms with E-state index >= 15 is 0 Å². The van der Waals surface area contributed by atoms with Gasteiger partial charge < -0.3 is 10.0 Å². The van der Waals surface area contributed by atoms with Crippen molar-refractivity contribution in [2.45, 2.75) is 11.7 Å². The molecule has 8 heteroatoms. The van der Waals surface area contributed by atoms with Crippen molar-refractivity contribution < 1.29 is 27.0 Å². The number of halogens is 1. The quantitative estimate of drug-likeness (QED) is 0.864. The molecule has 1 fully saturated rings. The highest BCUT2D eigenvalue weighted by Gasteiger charge is 2.39. The van der Waals surface area contributed by atoms with Gasteiger partial charge in [0.15, 0.2) is 0 Å². The molecular formula is C15H12FNO5S. The van der Waals surface area contributed by atoms with E-state index in [0.29, 0.717) is 16.5 Å². The molecule has 1 saturated heterocycles. The van der Waals surface area contributed by atoms with Crippen LogP contribution in [0.3, 0.4) is 0 Å². The third-order valence-corrected chi connectivity index (χ3v) is 4.98. The van der Waals surface area contributed by atoms with E-state index < -0.39 is 27.3 Å². The van der Waals surface area contributed by atoms with E-state index in [2.05, 4.69) is 0 Å². The van der Waals surface area contributed by atoms with Crippen molar-refractivity contribution in [3.63, 3.8) is 0 Å². The van der Waals surface area contributed by atoms with Crippen LogP contribution in [0.1, 0.15) is 16.8 Å². The number of hydrogen-bond acceptors (Lipinski definition) is 4. The number of carboxylic acid groups (broad SMARTS) is 1. The van der Waals surface area contributed by atoms with Gasteiger partial charge in [-0.1, -0.05) is 12.1 Å². The second-order valence-electron chi connectivity index (χ2n) is 5.36. The Kier molecular flexibility index (Phi) is 3.56. The number of fused-ring (bicyclic) bond motifs is 1. The zero-order valence-electron chi connectivity index (χ0n) is 11.8. The van der Waals surface area contributed by atoms with Crippen molar-refractivity contribution >= 4 is 38.6 Å². The van der Waals surface area contributed by atoms with E-state index in [1.54, 1.807) is 24.3 Å². The number of benzene rings is 2. The molecule has 1 aliphatic heterocycles. The summed E-state index contributed by atoms with van der Waals surface area (Å²) in [4.78, 5) is 24.1. The number of rotatable bonds is 3. The first-order chi connectivity index (χ1) is 10.8. The minimum atomic E-state index is -4.76. The molecule has 0 saturated carbocycles. The lowest BCUT2D eigenvalue weighted by Gasteiger charge is -2.16. The summed E-state index contributed by atoms with van der Waals surface area (Å²) in [6.07, 6.45) is -0.380. The Morgan fingerprint density at radius 2 is 1.83 bits per heavy atom. The molecule has 120 valence electrons. The minimum absolute atomic E-state index is 0.145. The predicted octanol–water partition coefficient (Wildman–Crippen LogP) is 1.94. The maximum absolute atomic E-state index is 13.1. The highest BCUT2D eigenvalue weighted by molar-refractivity contribution is 7.87. The van der Waals surface area contributed by atoms with Crippen LogP contribution in [0.15, 0.2) is 36.4 Å². The largest absolute Gasteiger partial charge is 0.478 e. The molecule has 1 atom stereocenters. The fourth-order valence-corrected chi connectivity index (χ4v) is 3.32. The molecular weight excluding hydrogens is 325 g/mol. The van der Waals surface area contributed by atoms with Crippen LogP contribution in [-0.2, 0) is 15.0 Å². The average molecular weight is 337 g/mol. The maximum atomic E-state index is 13.1. The van der Waals surface area contributed by atoms with Gasteiger partial charge in [-0.05, 0) is 35.0 Å². The number of hydrogen-bond donors (Lipinski definition) is 1. The molecule has 23 heavy (non-hydrogen) atoms. The van der Waals surface area contributed by atoms with Crippen LogP contribution in [0.2, 0.25) is 0 Å². The van der Waals surface area contributed by atoms with Crippen LogP contribution in [0, 0.1) is 0 Å². The predicted molar refractivity (Wildman–Crippen MR) is 81.7 cm³/mol. The van der Waals surface area contributed by atoms with Crippen LogP contribution in [0.5, 0.6) is 0 Å². The third kappa shape index (κ3) is 2.89. The van der Waals surface area contributed by atoms with Gasteiger partial charge >= 0.3 is 16.2 Å². The molecule has 1 N–H and O–H groups in total.